The van der Waals surface area contributed by atoms with Crippen LogP contribution in [0.25, 0.3) is 0 Å². The number of unbranched alkanes of at least 4 members (excludes halogenated alkanes) is 30. The number of hydrogen-bond acceptors (Lipinski definition) is 0. The van der Waals surface area contributed by atoms with Gasteiger partial charge in [-0.05, 0) is 31.6 Å². The summed E-state index contributed by atoms with van der Waals surface area (Å²) in [5.41, 5.74) is 0. The molecule has 0 N–H and O–H groups in total. The maximum atomic E-state index is 2.55. The van der Waals surface area contributed by atoms with Crippen LogP contribution in [0.5, 0.6) is 0 Å². The Morgan fingerprint density at radius 3 is 0.960 bits per heavy atom. The highest BCUT2D eigenvalue weighted by atomic mass is 15.1. The maximum Gasteiger partial charge on any atom is 0.243 e. The quantitative estimate of drug-likeness (QED) is 0.0475. The van der Waals surface area contributed by atoms with Crippen molar-refractivity contribution in [2.75, 3.05) is 0 Å². The van der Waals surface area contributed by atoms with Gasteiger partial charge in [0.05, 0.1) is 7.05 Å². The zero-order valence-corrected chi connectivity index (χ0v) is 35.4. The van der Waals surface area contributed by atoms with E-state index in [2.05, 4.69) is 55.7 Å². The fourth-order valence-corrected chi connectivity index (χ4v) is 8.44. The van der Waals surface area contributed by atoms with E-state index in [9.17, 15) is 0 Å². The van der Waals surface area contributed by atoms with Crippen molar-refractivity contribution >= 4 is 0 Å². The first-order valence-corrected chi connectivity index (χ1v) is 23.7. The van der Waals surface area contributed by atoms with E-state index < -0.39 is 0 Å². The molecule has 2 heteroatoms. The summed E-state index contributed by atoms with van der Waals surface area (Å²) in [5.74, 6) is 0.968. The van der Waals surface area contributed by atoms with Gasteiger partial charge in [-0.25, -0.2) is 9.13 Å². The van der Waals surface area contributed by atoms with E-state index in [1.54, 1.807) is 0 Å². The molecule has 0 aliphatic rings. The SMILES string of the molecule is CCCCCCCCCCCCCCCCCCCC(CCCCCCCCCC)CCCC(CCCCCCCCCC)n1cc[n+](C)c1. The van der Waals surface area contributed by atoms with Crippen molar-refractivity contribution < 1.29 is 4.57 Å². The van der Waals surface area contributed by atoms with Crippen molar-refractivity contribution in [1.29, 1.82) is 0 Å². The molecule has 296 valence electrons. The molecule has 2 atom stereocenters. The zero-order valence-electron chi connectivity index (χ0n) is 35.4. The van der Waals surface area contributed by atoms with Crippen molar-refractivity contribution in [3.05, 3.63) is 18.7 Å². The molecule has 1 rings (SSSR count). The van der Waals surface area contributed by atoms with Crippen LogP contribution in [0.3, 0.4) is 0 Å². The lowest BCUT2D eigenvalue weighted by molar-refractivity contribution is -0.671. The highest BCUT2D eigenvalue weighted by Gasteiger charge is 2.18. The minimum absolute atomic E-state index is 0.695. The Morgan fingerprint density at radius 2 is 0.640 bits per heavy atom. The minimum atomic E-state index is 0.695. The van der Waals surface area contributed by atoms with Crippen LogP contribution >= 0.6 is 0 Å². The van der Waals surface area contributed by atoms with Gasteiger partial charge in [0.1, 0.15) is 18.4 Å². The van der Waals surface area contributed by atoms with E-state index in [-0.39, 0.29) is 0 Å². The van der Waals surface area contributed by atoms with Crippen LogP contribution in [0, 0.1) is 5.92 Å². The number of hydrogen-bond donors (Lipinski definition) is 0. The first-order valence-electron chi connectivity index (χ1n) is 23.7. The summed E-state index contributed by atoms with van der Waals surface area (Å²) >= 11 is 0. The summed E-state index contributed by atoms with van der Waals surface area (Å²) in [7, 11) is 2.18. The van der Waals surface area contributed by atoms with Crippen molar-refractivity contribution in [1.82, 2.24) is 4.57 Å². The third kappa shape index (κ3) is 30.8. The normalized spacial score (nSPS) is 13.0. The lowest BCUT2D eigenvalue weighted by Crippen LogP contribution is -2.24. The van der Waals surface area contributed by atoms with Gasteiger partial charge in [0.25, 0.3) is 0 Å². The van der Waals surface area contributed by atoms with Crippen LogP contribution in [0.1, 0.15) is 277 Å². The Morgan fingerprint density at radius 1 is 0.360 bits per heavy atom. The van der Waals surface area contributed by atoms with Crippen molar-refractivity contribution in [2.24, 2.45) is 13.0 Å². The summed E-state index contributed by atoms with van der Waals surface area (Å²) in [4.78, 5) is 0. The molecule has 2 unspecified atom stereocenters. The second-order valence-electron chi connectivity index (χ2n) is 16.9. The van der Waals surface area contributed by atoms with E-state index in [1.807, 2.05) is 0 Å². The minimum Gasteiger partial charge on any atom is -0.240 e. The highest BCUT2D eigenvalue weighted by Crippen LogP contribution is 2.28. The van der Waals surface area contributed by atoms with Crippen LogP contribution in [-0.2, 0) is 7.05 Å². The van der Waals surface area contributed by atoms with E-state index in [0.29, 0.717) is 6.04 Å². The summed E-state index contributed by atoms with van der Waals surface area (Å²) < 4.78 is 4.79. The van der Waals surface area contributed by atoms with Crippen molar-refractivity contribution in [3.63, 3.8) is 0 Å². The molecule has 1 aromatic heterocycles. The Hall–Kier alpha value is -0.790. The van der Waals surface area contributed by atoms with Crippen molar-refractivity contribution in [2.45, 2.75) is 277 Å². The number of rotatable bonds is 41. The Kier molecular flexibility index (Phi) is 35.8. The van der Waals surface area contributed by atoms with Crippen molar-refractivity contribution in [3.8, 4) is 0 Å². The molecule has 2 nitrogen and oxygen atoms in total. The fourth-order valence-electron chi connectivity index (χ4n) is 8.44. The van der Waals surface area contributed by atoms with Gasteiger partial charge in [0.2, 0.25) is 6.33 Å². The standard InChI is InChI=1S/C48H95N2/c1-5-8-11-14-17-20-21-22-23-24-25-26-27-28-30-33-36-40-47(39-35-32-29-18-15-12-9-6-2)41-38-43-48(50-45-44-49(4)46-50)42-37-34-31-19-16-13-10-7-3/h44-48H,5-43H2,1-4H3/q+1. The van der Waals surface area contributed by atoms with Crippen LogP contribution in [0.15, 0.2) is 18.7 Å². The first-order chi connectivity index (χ1) is 24.7. The zero-order chi connectivity index (χ0) is 36.0. The Labute approximate surface area is 317 Å². The average Bonchev–Trinajstić information content (AvgIpc) is 3.56. The van der Waals surface area contributed by atoms with Crippen LogP contribution < -0.4 is 4.57 Å². The van der Waals surface area contributed by atoms with Gasteiger partial charge in [0, 0.05) is 0 Å². The number of imidazole rings is 1. The van der Waals surface area contributed by atoms with E-state index in [0.717, 1.165) is 5.92 Å². The van der Waals surface area contributed by atoms with Crippen LogP contribution in [0.2, 0.25) is 0 Å². The Bertz CT molecular complexity index is 768. The predicted molar refractivity (Wildman–Crippen MR) is 225 cm³/mol. The molecule has 0 fully saturated rings. The number of nitrogens with zero attached hydrogens (tertiary/aromatic N) is 2. The summed E-state index contributed by atoms with van der Waals surface area (Å²) in [6, 6.07) is 0.695. The van der Waals surface area contributed by atoms with Gasteiger partial charge in [-0.1, -0.05) is 245 Å². The molecule has 0 aliphatic heterocycles. The monoisotopic (exact) mass is 700 g/mol. The lowest BCUT2D eigenvalue weighted by Gasteiger charge is -2.19. The number of aromatic nitrogens is 2. The van der Waals surface area contributed by atoms with Gasteiger partial charge < -0.3 is 0 Å². The smallest absolute Gasteiger partial charge is 0.240 e. The molecule has 1 heterocycles. The topological polar surface area (TPSA) is 8.81 Å². The molecule has 0 radical (unpaired) electrons. The molecular weight excluding hydrogens is 605 g/mol. The molecule has 0 aromatic carbocycles. The third-order valence-electron chi connectivity index (χ3n) is 11.9. The number of aryl methyl sites for hydroxylation is 1. The van der Waals surface area contributed by atoms with E-state index in [1.165, 1.54) is 250 Å². The molecule has 0 saturated carbocycles. The molecule has 0 aliphatic carbocycles. The molecule has 0 saturated heterocycles. The third-order valence-corrected chi connectivity index (χ3v) is 11.9. The second-order valence-corrected chi connectivity index (χ2v) is 16.9. The fraction of sp³-hybridized carbons (Fsp3) is 0.938. The van der Waals surface area contributed by atoms with Crippen LogP contribution in [-0.4, -0.2) is 4.57 Å². The molecule has 0 bridgehead atoms. The van der Waals surface area contributed by atoms with Gasteiger partial charge >= 0.3 is 0 Å². The summed E-state index contributed by atoms with van der Waals surface area (Å²) in [5, 5.41) is 0. The molecular formula is C48H95N2+. The van der Waals surface area contributed by atoms with E-state index >= 15 is 0 Å². The first kappa shape index (κ1) is 47.2. The van der Waals surface area contributed by atoms with Gasteiger partial charge in [-0.3, -0.25) is 0 Å². The Balaban J connectivity index is 2.30. The van der Waals surface area contributed by atoms with E-state index in [4.69, 9.17) is 0 Å². The molecule has 50 heavy (non-hydrogen) atoms. The second kappa shape index (κ2) is 38.0. The lowest BCUT2D eigenvalue weighted by atomic mass is 9.88. The van der Waals surface area contributed by atoms with Crippen LogP contribution in [0.4, 0.5) is 0 Å². The van der Waals surface area contributed by atoms with Gasteiger partial charge in [0.15, 0.2) is 0 Å². The molecule has 1 aromatic rings. The average molecular weight is 700 g/mol. The summed E-state index contributed by atoms with van der Waals surface area (Å²) in [6.45, 7) is 6.97. The summed E-state index contributed by atoms with van der Waals surface area (Å²) in [6.07, 6.45) is 63.6. The predicted octanol–water partition coefficient (Wildman–Crippen LogP) is 16.7. The largest absolute Gasteiger partial charge is 0.243 e. The maximum absolute atomic E-state index is 2.55. The van der Waals surface area contributed by atoms with Gasteiger partial charge in [-0.15, -0.1) is 0 Å². The molecule has 0 amide bonds. The molecule has 0 spiro atoms. The van der Waals surface area contributed by atoms with Gasteiger partial charge in [-0.2, -0.15) is 0 Å². The highest BCUT2D eigenvalue weighted by molar-refractivity contribution is 4.76.